The molecule has 0 aliphatic rings. The van der Waals surface area contributed by atoms with Crippen LogP contribution in [-0.2, 0) is 0 Å². The fourth-order valence-electron chi connectivity index (χ4n) is 1.49. The molecule has 1 nitrogen and oxygen atoms in total. The zero-order chi connectivity index (χ0) is 9.97. The average Bonchev–Trinajstić information content (AvgIpc) is 2.20. The monoisotopic (exact) mass is 181 g/mol. The Morgan fingerprint density at radius 3 is 2.50 bits per heavy atom. The first-order valence-corrected chi connectivity index (χ1v) is 4.76. The second kappa shape index (κ2) is 3.66. The topological polar surface area (TPSA) is 12.9 Å². The predicted molar refractivity (Wildman–Crippen MR) is 62.6 cm³/mol. The lowest BCUT2D eigenvalue weighted by Gasteiger charge is -2.04. The van der Waals surface area contributed by atoms with E-state index in [9.17, 15) is 0 Å². The van der Waals surface area contributed by atoms with Crippen LogP contribution in [0, 0.1) is 6.92 Å². The second-order valence-corrected chi connectivity index (χ2v) is 3.54. The Morgan fingerprint density at radius 1 is 1.07 bits per heavy atom. The predicted octanol–water partition coefficient (Wildman–Crippen LogP) is 1.32. The maximum absolute atomic E-state index is 4.41. The molecule has 68 valence electrons. The number of benzene rings is 1. The van der Waals surface area contributed by atoms with Crippen LogP contribution >= 0.6 is 0 Å². The van der Waals surface area contributed by atoms with E-state index < -0.39 is 0 Å². The van der Waals surface area contributed by atoms with Crippen molar-refractivity contribution >= 4 is 13.3 Å². The molecule has 0 fully saturated rings. The van der Waals surface area contributed by atoms with Gasteiger partial charge in [-0.25, -0.2) is 0 Å². The lowest BCUT2D eigenvalue weighted by molar-refractivity contribution is 1.32. The van der Waals surface area contributed by atoms with E-state index in [2.05, 4.69) is 44.0 Å². The maximum atomic E-state index is 4.41. The van der Waals surface area contributed by atoms with Crippen molar-refractivity contribution in [2.45, 2.75) is 6.92 Å². The molecule has 2 rings (SSSR count). The van der Waals surface area contributed by atoms with Gasteiger partial charge < -0.3 is 0 Å². The van der Waals surface area contributed by atoms with Gasteiger partial charge in [0.2, 0.25) is 0 Å². The zero-order valence-electron chi connectivity index (χ0n) is 8.49. The van der Waals surface area contributed by atoms with Gasteiger partial charge in [0.15, 0.2) is 0 Å². The summed E-state index contributed by atoms with van der Waals surface area (Å²) in [5.74, 6) is 0. The molecule has 14 heavy (non-hydrogen) atoms. The molecule has 0 bridgehead atoms. The summed E-state index contributed by atoms with van der Waals surface area (Å²) in [6, 6.07) is 12.5. The third kappa shape index (κ3) is 1.69. The normalized spacial score (nSPS) is 10.1. The first kappa shape index (κ1) is 9.01. The standard InChI is InChI=1S/C12H12BN/c1-9-4-2-3-5-11(9)12-7-6-10(13)8-14-12/h2-8H,13H2,1H3. The number of nitrogens with zero attached hydrogens (tertiary/aromatic N) is 1. The molecule has 0 amide bonds. The minimum atomic E-state index is 1.05. The quantitative estimate of drug-likeness (QED) is 0.604. The molecular formula is C12H12BN. The highest BCUT2D eigenvalue weighted by Gasteiger charge is 2.00. The molecule has 1 aromatic carbocycles. The van der Waals surface area contributed by atoms with Crippen LogP contribution in [0.4, 0.5) is 0 Å². The summed E-state index contributed by atoms with van der Waals surface area (Å²) in [5, 5.41) is 0. The molecule has 0 saturated heterocycles. The summed E-state index contributed by atoms with van der Waals surface area (Å²) in [6.45, 7) is 2.11. The van der Waals surface area contributed by atoms with E-state index in [0.717, 1.165) is 5.69 Å². The largest absolute Gasteiger partial charge is 0.257 e. The van der Waals surface area contributed by atoms with Crippen molar-refractivity contribution in [3.8, 4) is 11.3 Å². The smallest absolute Gasteiger partial charge is 0.141 e. The van der Waals surface area contributed by atoms with Crippen LogP contribution in [-0.4, -0.2) is 12.8 Å². The molecule has 0 aliphatic heterocycles. The zero-order valence-corrected chi connectivity index (χ0v) is 8.49. The Balaban J connectivity index is 2.50. The summed E-state index contributed by atoms with van der Waals surface area (Å²) in [7, 11) is 2.05. The van der Waals surface area contributed by atoms with Gasteiger partial charge in [-0.05, 0) is 18.6 Å². The third-order valence-electron chi connectivity index (χ3n) is 2.33. The molecule has 0 unspecified atom stereocenters. The molecular weight excluding hydrogens is 169 g/mol. The van der Waals surface area contributed by atoms with E-state index in [1.165, 1.54) is 16.6 Å². The van der Waals surface area contributed by atoms with E-state index in [-0.39, 0.29) is 0 Å². The van der Waals surface area contributed by atoms with Crippen LogP contribution < -0.4 is 5.46 Å². The van der Waals surface area contributed by atoms with E-state index >= 15 is 0 Å². The first-order valence-electron chi connectivity index (χ1n) is 4.76. The molecule has 0 radical (unpaired) electrons. The van der Waals surface area contributed by atoms with Crippen molar-refractivity contribution in [2.75, 3.05) is 0 Å². The van der Waals surface area contributed by atoms with Crippen molar-refractivity contribution in [1.82, 2.24) is 4.98 Å². The van der Waals surface area contributed by atoms with Gasteiger partial charge in [-0.2, -0.15) is 0 Å². The van der Waals surface area contributed by atoms with Gasteiger partial charge in [0.25, 0.3) is 0 Å². The van der Waals surface area contributed by atoms with Gasteiger partial charge >= 0.3 is 0 Å². The van der Waals surface area contributed by atoms with E-state index in [1.54, 1.807) is 0 Å². The summed E-state index contributed by atoms with van der Waals surface area (Å²) in [6.07, 6.45) is 1.90. The number of hydrogen-bond acceptors (Lipinski definition) is 1. The Labute approximate surface area is 85.2 Å². The van der Waals surface area contributed by atoms with Crippen LogP contribution in [0.2, 0.25) is 0 Å². The Hall–Kier alpha value is -1.57. The lowest BCUT2D eigenvalue weighted by atomic mass is 9.97. The fraction of sp³-hybridized carbons (Fsp3) is 0.0833. The molecule has 0 aliphatic carbocycles. The van der Waals surface area contributed by atoms with Gasteiger partial charge in [-0.1, -0.05) is 35.8 Å². The van der Waals surface area contributed by atoms with Gasteiger partial charge in [0.1, 0.15) is 7.85 Å². The molecule has 0 saturated carbocycles. The minimum Gasteiger partial charge on any atom is -0.257 e. The van der Waals surface area contributed by atoms with Crippen LogP contribution in [0.5, 0.6) is 0 Å². The van der Waals surface area contributed by atoms with Crippen molar-refractivity contribution in [2.24, 2.45) is 0 Å². The fourth-order valence-corrected chi connectivity index (χ4v) is 1.49. The van der Waals surface area contributed by atoms with E-state index in [1.807, 2.05) is 18.3 Å². The lowest BCUT2D eigenvalue weighted by Crippen LogP contribution is -2.02. The molecule has 0 spiro atoms. The average molecular weight is 181 g/mol. The van der Waals surface area contributed by atoms with Gasteiger partial charge in [0, 0.05) is 11.8 Å². The van der Waals surface area contributed by atoms with Crippen LogP contribution in [0.25, 0.3) is 11.3 Å². The summed E-state index contributed by atoms with van der Waals surface area (Å²) < 4.78 is 0. The van der Waals surface area contributed by atoms with Gasteiger partial charge in [-0.15, -0.1) is 0 Å². The molecule has 0 atom stereocenters. The summed E-state index contributed by atoms with van der Waals surface area (Å²) in [4.78, 5) is 4.41. The van der Waals surface area contributed by atoms with Crippen molar-refractivity contribution < 1.29 is 0 Å². The van der Waals surface area contributed by atoms with E-state index in [4.69, 9.17) is 0 Å². The van der Waals surface area contributed by atoms with E-state index in [0.29, 0.717) is 0 Å². The number of aryl methyl sites for hydroxylation is 1. The van der Waals surface area contributed by atoms with Gasteiger partial charge in [-0.3, -0.25) is 4.98 Å². The maximum Gasteiger partial charge on any atom is 0.141 e. The van der Waals surface area contributed by atoms with Crippen molar-refractivity contribution in [3.05, 3.63) is 48.2 Å². The molecule has 2 heteroatoms. The highest BCUT2D eigenvalue weighted by atomic mass is 14.7. The van der Waals surface area contributed by atoms with Crippen LogP contribution in [0.15, 0.2) is 42.6 Å². The third-order valence-corrected chi connectivity index (χ3v) is 2.33. The van der Waals surface area contributed by atoms with Crippen LogP contribution in [0.3, 0.4) is 0 Å². The molecule has 2 aromatic rings. The van der Waals surface area contributed by atoms with Crippen LogP contribution in [0.1, 0.15) is 5.56 Å². The number of rotatable bonds is 1. The highest BCUT2D eigenvalue weighted by molar-refractivity contribution is 6.32. The molecule has 1 heterocycles. The van der Waals surface area contributed by atoms with Crippen molar-refractivity contribution in [3.63, 3.8) is 0 Å². The van der Waals surface area contributed by atoms with Crippen molar-refractivity contribution in [1.29, 1.82) is 0 Å². The molecule has 0 N–H and O–H groups in total. The number of aromatic nitrogens is 1. The SMILES string of the molecule is Bc1ccc(-c2ccccc2C)nc1. The number of pyridine rings is 1. The molecule has 1 aromatic heterocycles. The number of hydrogen-bond donors (Lipinski definition) is 0. The highest BCUT2D eigenvalue weighted by Crippen LogP contribution is 2.19. The van der Waals surface area contributed by atoms with Gasteiger partial charge in [0.05, 0.1) is 5.69 Å². The summed E-state index contributed by atoms with van der Waals surface area (Å²) >= 11 is 0. The Bertz CT molecular complexity index is 434. The first-order chi connectivity index (χ1) is 6.77. The summed E-state index contributed by atoms with van der Waals surface area (Å²) in [5.41, 5.74) is 4.73. The minimum absolute atomic E-state index is 1.05. The Morgan fingerprint density at radius 2 is 1.86 bits per heavy atom. The second-order valence-electron chi connectivity index (χ2n) is 3.54. The Kier molecular flexibility index (Phi) is 2.36.